The smallest absolute Gasteiger partial charge is 0.248 e. The fourth-order valence-corrected chi connectivity index (χ4v) is 3.13. The van der Waals surface area contributed by atoms with Crippen LogP contribution in [0.15, 0.2) is 30.3 Å². The van der Waals surface area contributed by atoms with Gasteiger partial charge in [0.25, 0.3) is 0 Å². The molecule has 1 fully saturated rings. The van der Waals surface area contributed by atoms with Gasteiger partial charge in [-0.15, -0.1) is 0 Å². The number of alkyl halides is 2. The molecule has 0 aromatic heterocycles. The number of hydrogen-bond acceptors (Lipinski definition) is 2. The maximum absolute atomic E-state index is 13.6. The largest absolute Gasteiger partial charge is 0.396 e. The molecule has 2 nitrogen and oxygen atoms in total. The van der Waals surface area contributed by atoms with Crippen molar-refractivity contribution in [2.75, 3.05) is 6.61 Å². The zero-order valence-electron chi connectivity index (χ0n) is 10.9. The van der Waals surface area contributed by atoms with E-state index in [2.05, 4.69) is 0 Å². The predicted octanol–water partition coefficient (Wildman–Crippen LogP) is 3.30. The second-order valence-electron chi connectivity index (χ2n) is 5.54. The number of halogens is 2. The third kappa shape index (κ3) is 3.12. The molecule has 19 heavy (non-hydrogen) atoms. The van der Waals surface area contributed by atoms with Crippen molar-refractivity contribution in [3.8, 4) is 0 Å². The van der Waals surface area contributed by atoms with Gasteiger partial charge in [-0.1, -0.05) is 30.3 Å². The summed E-state index contributed by atoms with van der Waals surface area (Å²) in [6.45, 7) is -0.0329. The highest BCUT2D eigenvalue weighted by molar-refractivity contribution is 5.21. The van der Waals surface area contributed by atoms with Crippen molar-refractivity contribution in [3.05, 3.63) is 35.9 Å². The summed E-state index contributed by atoms with van der Waals surface area (Å²) in [6.07, 6.45) is -0.197. The molecule has 4 heteroatoms. The minimum Gasteiger partial charge on any atom is -0.396 e. The lowest BCUT2D eigenvalue weighted by atomic mass is 9.74. The van der Waals surface area contributed by atoms with Crippen LogP contribution < -0.4 is 0 Å². The SMILES string of the molecule is OCCCC1(C(O)c2ccccc2)CCC(F)(F)C1. The van der Waals surface area contributed by atoms with Crippen molar-refractivity contribution in [2.45, 2.75) is 44.1 Å². The summed E-state index contributed by atoms with van der Waals surface area (Å²) < 4.78 is 27.1. The fourth-order valence-electron chi connectivity index (χ4n) is 3.13. The molecule has 1 saturated carbocycles. The van der Waals surface area contributed by atoms with Crippen molar-refractivity contribution in [1.82, 2.24) is 0 Å². The van der Waals surface area contributed by atoms with Gasteiger partial charge in [-0.25, -0.2) is 8.78 Å². The Bertz CT molecular complexity index is 408. The van der Waals surface area contributed by atoms with Crippen molar-refractivity contribution < 1.29 is 19.0 Å². The first-order chi connectivity index (χ1) is 8.99. The van der Waals surface area contributed by atoms with Gasteiger partial charge in [-0.3, -0.25) is 0 Å². The molecule has 2 N–H and O–H groups in total. The van der Waals surface area contributed by atoms with Crippen LogP contribution in [0.5, 0.6) is 0 Å². The Morgan fingerprint density at radius 2 is 1.84 bits per heavy atom. The quantitative estimate of drug-likeness (QED) is 0.862. The summed E-state index contributed by atoms with van der Waals surface area (Å²) in [5, 5.41) is 19.5. The van der Waals surface area contributed by atoms with Crippen LogP contribution in [-0.4, -0.2) is 22.7 Å². The second-order valence-corrected chi connectivity index (χ2v) is 5.54. The van der Waals surface area contributed by atoms with Crippen molar-refractivity contribution >= 4 is 0 Å². The van der Waals surface area contributed by atoms with Gasteiger partial charge in [0.05, 0.1) is 6.10 Å². The highest BCUT2D eigenvalue weighted by Gasteiger charge is 2.52. The fraction of sp³-hybridized carbons (Fsp3) is 0.600. The molecule has 106 valence electrons. The van der Waals surface area contributed by atoms with Crippen LogP contribution in [0.25, 0.3) is 0 Å². The van der Waals surface area contributed by atoms with Gasteiger partial charge in [0.1, 0.15) is 0 Å². The average molecular weight is 270 g/mol. The summed E-state index contributed by atoms with van der Waals surface area (Å²) >= 11 is 0. The van der Waals surface area contributed by atoms with E-state index in [9.17, 15) is 13.9 Å². The average Bonchev–Trinajstić information content (AvgIpc) is 2.73. The monoisotopic (exact) mass is 270 g/mol. The van der Waals surface area contributed by atoms with Crippen LogP contribution in [0.3, 0.4) is 0 Å². The Balaban J connectivity index is 2.23. The lowest BCUT2D eigenvalue weighted by molar-refractivity contribution is -0.0404. The molecular weight excluding hydrogens is 250 g/mol. The predicted molar refractivity (Wildman–Crippen MR) is 69.0 cm³/mol. The molecule has 2 unspecified atom stereocenters. The van der Waals surface area contributed by atoms with E-state index in [1.165, 1.54) is 0 Å². The Morgan fingerprint density at radius 3 is 2.37 bits per heavy atom. The first kappa shape index (κ1) is 14.4. The highest BCUT2D eigenvalue weighted by atomic mass is 19.3. The number of aliphatic hydroxyl groups excluding tert-OH is 2. The van der Waals surface area contributed by atoms with Crippen LogP contribution >= 0.6 is 0 Å². The summed E-state index contributed by atoms with van der Waals surface area (Å²) in [4.78, 5) is 0. The zero-order chi connectivity index (χ0) is 13.9. The maximum Gasteiger partial charge on any atom is 0.248 e. The van der Waals surface area contributed by atoms with Gasteiger partial charge < -0.3 is 10.2 Å². The van der Waals surface area contributed by atoms with Gasteiger partial charge in [0, 0.05) is 24.9 Å². The molecule has 0 saturated heterocycles. The lowest BCUT2D eigenvalue weighted by Crippen LogP contribution is -2.28. The second kappa shape index (κ2) is 5.55. The first-order valence-electron chi connectivity index (χ1n) is 6.71. The molecule has 0 amide bonds. The minimum atomic E-state index is -2.70. The van der Waals surface area contributed by atoms with E-state index in [4.69, 9.17) is 5.11 Å². The molecule has 1 aromatic carbocycles. The standard InChI is InChI=1S/C15H20F2O2/c16-15(17)9-8-14(11-15,7-4-10-18)13(19)12-5-2-1-3-6-12/h1-3,5-6,13,18-19H,4,7-11H2. The Kier molecular flexibility index (Phi) is 4.21. The van der Waals surface area contributed by atoms with E-state index < -0.39 is 17.4 Å². The van der Waals surface area contributed by atoms with E-state index >= 15 is 0 Å². The Hall–Kier alpha value is -1.00. The molecule has 0 spiro atoms. The number of rotatable bonds is 5. The van der Waals surface area contributed by atoms with E-state index in [1.807, 2.05) is 6.07 Å². The van der Waals surface area contributed by atoms with Crippen molar-refractivity contribution in [1.29, 1.82) is 0 Å². The minimum absolute atomic E-state index is 0.0329. The number of aliphatic hydroxyl groups is 2. The normalized spacial score (nSPS) is 27.4. The van der Waals surface area contributed by atoms with Gasteiger partial charge in [0.15, 0.2) is 0 Å². The molecule has 0 heterocycles. The summed E-state index contributed by atoms with van der Waals surface area (Å²) in [6, 6.07) is 8.96. The lowest BCUT2D eigenvalue weighted by Gasteiger charge is -2.34. The maximum atomic E-state index is 13.6. The molecule has 2 rings (SSSR count). The van der Waals surface area contributed by atoms with Crippen LogP contribution in [0.4, 0.5) is 8.78 Å². The van der Waals surface area contributed by atoms with E-state index in [-0.39, 0.29) is 19.4 Å². The van der Waals surface area contributed by atoms with Crippen LogP contribution in [0.2, 0.25) is 0 Å². The Morgan fingerprint density at radius 1 is 1.16 bits per heavy atom. The topological polar surface area (TPSA) is 40.5 Å². The van der Waals surface area contributed by atoms with Crippen molar-refractivity contribution in [3.63, 3.8) is 0 Å². The number of hydrogen-bond donors (Lipinski definition) is 2. The van der Waals surface area contributed by atoms with Crippen molar-refractivity contribution in [2.24, 2.45) is 5.41 Å². The Labute approximate surface area is 112 Å². The highest BCUT2D eigenvalue weighted by Crippen LogP contribution is 2.56. The molecule has 1 aliphatic rings. The van der Waals surface area contributed by atoms with Crippen LogP contribution in [-0.2, 0) is 0 Å². The summed E-state index contributed by atoms with van der Waals surface area (Å²) in [5.74, 6) is -2.70. The number of benzene rings is 1. The van der Waals surface area contributed by atoms with Gasteiger partial charge in [-0.05, 0) is 24.8 Å². The van der Waals surface area contributed by atoms with Gasteiger partial charge in [-0.2, -0.15) is 0 Å². The van der Waals surface area contributed by atoms with Crippen LogP contribution in [0.1, 0.15) is 43.8 Å². The molecule has 1 aromatic rings. The molecule has 1 aliphatic carbocycles. The summed E-state index contributed by atoms with van der Waals surface area (Å²) in [7, 11) is 0. The summed E-state index contributed by atoms with van der Waals surface area (Å²) in [5.41, 5.74) is -0.133. The van der Waals surface area contributed by atoms with E-state index in [1.54, 1.807) is 24.3 Å². The molecule has 0 bridgehead atoms. The molecule has 0 radical (unpaired) electrons. The van der Waals surface area contributed by atoms with E-state index in [0.717, 1.165) is 0 Å². The van der Waals surface area contributed by atoms with Crippen LogP contribution in [0, 0.1) is 5.41 Å². The molecular formula is C15H20F2O2. The molecule has 2 atom stereocenters. The van der Waals surface area contributed by atoms with E-state index in [0.29, 0.717) is 24.8 Å². The van der Waals surface area contributed by atoms with Gasteiger partial charge in [0.2, 0.25) is 5.92 Å². The van der Waals surface area contributed by atoms with Gasteiger partial charge >= 0.3 is 0 Å². The third-order valence-electron chi connectivity index (χ3n) is 4.13. The zero-order valence-corrected chi connectivity index (χ0v) is 10.9. The first-order valence-corrected chi connectivity index (χ1v) is 6.71. The third-order valence-corrected chi connectivity index (χ3v) is 4.13. The molecule has 0 aliphatic heterocycles.